The highest BCUT2D eigenvalue weighted by molar-refractivity contribution is 8.03. The Kier molecular flexibility index (Phi) is 7.21. The molecule has 7 heteroatoms. The van der Waals surface area contributed by atoms with Crippen LogP contribution in [0.15, 0.2) is 32.9 Å². The zero-order valence-corrected chi connectivity index (χ0v) is 15.1. The molecular formula is C15H19N3OS3. The van der Waals surface area contributed by atoms with E-state index in [1.807, 2.05) is 24.3 Å². The predicted molar refractivity (Wildman–Crippen MR) is 96.1 cm³/mol. The molecule has 0 bridgehead atoms. The van der Waals surface area contributed by atoms with E-state index in [2.05, 4.69) is 29.4 Å². The number of carbonyl (C=O) groups excluding carboxylic acids is 1. The Hall–Kier alpha value is -1.05. The van der Waals surface area contributed by atoms with Crippen molar-refractivity contribution in [1.29, 1.82) is 0 Å². The zero-order valence-electron chi connectivity index (χ0n) is 12.7. The van der Waals surface area contributed by atoms with Crippen molar-refractivity contribution in [1.82, 2.24) is 10.2 Å². The highest BCUT2D eigenvalue weighted by Crippen LogP contribution is 2.29. The van der Waals surface area contributed by atoms with Crippen LogP contribution in [0.25, 0.3) is 0 Å². The van der Waals surface area contributed by atoms with Crippen LogP contribution in [0.3, 0.4) is 0 Å². The molecule has 1 aromatic carbocycles. The number of hydrogen-bond donors (Lipinski definition) is 1. The number of anilines is 1. The summed E-state index contributed by atoms with van der Waals surface area (Å²) in [6.07, 6.45) is 2.12. The first-order chi connectivity index (χ1) is 10.7. The van der Waals surface area contributed by atoms with Gasteiger partial charge in [0.2, 0.25) is 5.91 Å². The van der Waals surface area contributed by atoms with Crippen molar-refractivity contribution in [3.05, 3.63) is 29.8 Å². The van der Waals surface area contributed by atoms with Gasteiger partial charge in [-0.25, -0.2) is 0 Å². The zero-order chi connectivity index (χ0) is 15.8. The highest BCUT2D eigenvalue weighted by atomic mass is 32.2. The lowest BCUT2D eigenvalue weighted by molar-refractivity contribution is -0.113. The number of nitrogens with one attached hydrogen (secondary N) is 1. The summed E-state index contributed by atoms with van der Waals surface area (Å²) in [4.78, 5) is 11.9. The molecule has 1 aromatic heterocycles. The first-order valence-corrected chi connectivity index (χ1v) is 9.98. The van der Waals surface area contributed by atoms with Crippen molar-refractivity contribution in [3.63, 3.8) is 0 Å². The molecule has 0 radical (unpaired) electrons. The Balaban J connectivity index is 1.78. The lowest BCUT2D eigenvalue weighted by Gasteiger charge is -2.04. The van der Waals surface area contributed by atoms with E-state index in [1.165, 1.54) is 17.3 Å². The average molecular weight is 354 g/mol. The van der Waals surface area contributed by atoms with E-state index >= 15 is 0 Å². The quantitative estimate of drug-likeness (QED) is 0.716. The van der Waals surface area contributed by atoms with Crippen LogP contribution in [-0.2, 0) is 11.2 Å². The van der Waals surface area contributed by atoms with E-state index < -0.39 is 0 Å². The standard InChI is InChI=1S/C15H19N3OS3/c1-3-9-20-14-17-18-15(22-14)21-10-13(19)16-12-7-5-11(4-2)6-8-12/h5-8H,3-4,9-10H2,1-2H3,(H,16,19). The molecule has 0 fully saturated rings. The van der Waals surface area contributed by atoms with Crippen LogP contribution in [0.5, 0.6) is 0 Å². The van der Waals surface area contributed by atoms with Gasteiger partial charge in [0.1, 0.15) is 0 Å². The SMILES string of the molecule is CCCSc1nnc(SCC(=O)Nc2ccc(CC)cc2)s1. The second kappa shape index (κ2) is 9.17. The van der Waals surface area contributed by atoms with Crippen molar-refractivity contribution in [2.24, 2.45) is 0 Å². The summed E-state index contributed by atoms with van der Waals surface area (Å²) in [5.41, 5.74) is 2.09. The van der Waals surface area contributed by atoms with Crippen LogP contribution in [-0.4, -0.2) is 27.6 Å². The number of carbonyl (C=O) groups is 1. The van der Waals surface area contributed by atoms with Crippen LogP contribution in [0.4, 0.5) is 5.69 Å². The second-order valence-electron chi connectivity index (χ2n) is 4.57. The topological polar surface area (TPSA) is 54.9 Å². The molecule has 22 heavy (non-hydrogen) atoms. The monoisotopic (exact) mass is 353 g/mol. The number of rotatable bonds is 8. The van der Waals surface area contributed by atoms with Crippen LogP contribution < -0.4 is 5.32 Å². The number of thioether (sulfide) groups is 2. The van der Waals surface area contributed by atoms with Gasteiger partial charge in [0.15, 0.2) is 8.68 Å². The van der Waals surface area contributed by atoms with Crippen molar-refractivity contribution in [3.8, 4) is 0 Å². The van der Waals surface area contributed by atoms with Gasteiger partial charge < -0.3 is 5.32 Å². The molecule has 118 valence electrons. The van der Waals surface area contributed by atoms with Crippen LogP contribution in [0, 0.1) is 0 Å². The average Bonchev–Trinajstić information content (AvgIpc) is 2.99. The Morgan fingerprint density at radius 1 is 1.14 bits per heavy atom. The Labute approximate surface area is 143 Å². The number of amides is 1. The third-order valence-electron chi connectivity index (χ3n) is 2.79. The molecule has 1 heterocycles. The predicted octanol–water partition coefficient (Wildman–Crippen LogP) is 4.33. The summed E-state index contributed by atoms with van der Waals surface area (Å²) in [5, 5.41) is 11.1. The van der Waals surface area contributed by atoms with Crippen LogP contribution >= 0.6 is 34.9 Å². The fourth-order valence-electron chi connectivity index (χ4n) is 1.65. The van der Waals surface area contributed by atoms with Gasteiger partial charge in [0, 0.05) is 11.4 Å². The summed E-state index contributed by atoms with van der Waals surface area (Å²) >= 11 is 4.69. The molecule has 0 aliphatic heterocycles. The maximum Gasteiger partial charge on any atom is 0.234 e. The van der Waals surface area contributed by atoms with E-state index in [0.29, 0.717) is 5.75 Å². The Bertz CT molecular complexity index is 598. The molecule has 0 aliphatic rings. The molecule has 4 nitrogen and oxygen atoms in total. The van der Waals surface area contributed by atoms with E-state index in [0.717, 1.165) is 33.0 Å². The summed E-state index contributed by atoms with van der Waals surface area (Å²) in [7, 11) is 0. The van der Waals surface area contributed by atoms with Gasteiger partial charge in [0.25, 0.3) is 0 Å². The van der Waals surface area contributed by atoms with Crippen molar-refractivity contribution >= 4 is 46.5 Å². The first-order valence-electron chi connectivity index (χ1n) is 7.19. The molecule has 2 rings (SSSR count). The second-order valence-corrected chi connectivity index (χ2v) is 8.11. The summed E-state index contributed by atoms with van der Waals surface area (Å²) < 4.78 is 1.81. The van der Waals surface area contributed by atoms with Gasteiger partial charge in [0.05, 0.1) is 5.75 Å². The third-order valence-corrected chi connectivity index (χ3v) is 6.19. The number of hydrogen-bond acceptors (Lipinski definition) is 6. The summed E-state index contributed by atoms with van der Waals surface area (Å²) in [6, 6.07) is 7.94. The fraction of sp³-hybridized carbons (Fsp3) is 0.400. The Morgan fingerprint density at radius 3 is 2.45 bits per heavy atom. The van der Waals surface area contributed by atoms with Gasteiger partial charge in [-0.3, -0.25) is 4.79 Å². The molecule has 0 unspecified atom stereocenters. The van der Waals surface area contributed by atoms with Gasteiger partial charge in [-0.05, 0) is 30.5 Å². The minimum absolute atomic E-state index is 0.0211. The fourth-order valence-corrected chi connectivity index (χ4v) is 4.40. The lowest BCUT2D eigenvalue weighted by Crippen LogP contribution is -2.13. The van der Waals surface area contributed by atoms with Crippen molar-refractivity contribution < 1.29 is 4.79 Å². The maximum atomic E-state index is 11.9. The molecule has 1 amide bonds. The molecule has 2 aromatic rings. The smallest absolute Gasteiger partial charge is 0.234 e. The van der Waals surface area contributed by atoms with Gasteiger partial charge in [-0.1, -0.05) is 60.8 Å². The van der Waals surface area contributed by atoms with E-state index in [4.69, 9.17) is 0 Å². The largest absolute Gasteiger partial charge is 0.325 e. The van der Waals surface area contributed by atoms with E-state index in [9.17, 15) is 4.79 Å². The van der Waals surface area contributed by atoms with Crippen molar-refractivity contribution in [2.75, 3.05) is 16.8 Å². The summed E-state index contributed by atoms with van der Waals surface area (Å²) in [6.45, 7) is 4.25. The maximum absolute atomic E-state index is 11.9. The van der Waals surface area contributed by atoms with Gasteiger partial charge in [-0.2, -0.15) is 0 Å². The minimum atomic E-state index is -0.0211. The van der Waals surface area contributed by atoms with Gasteiger partial charge >= 0.3 is 0 Å². The molecule has 0 aliphatic carbocycles. The van der Waals surface area contributed by atoms with Crippen LogP contribution in [0.1, 0.15) is 25.8 Å². The van der Waals surface area contributed by atoms with Gasteiger partial charge in [-0.15, -0.1) is 10.2 Å². The highest BCUT2D eigenvalue weighted by Gasteiger charge is 2.08. The Morgan fingerprint density at radius 2 is 1.82 bits per heavy atom. The number of benzene rings is 1. The molecule has 0 atom stereocenters. The number of nitrogens with zero attached hydrogens (tertiary/aromatic N) is 2. The molecular weight excluding hydrogens is 334 g/mol. The van der Waals surface area contributed by atoms with E-state index in [1.54, 1.807) is 23.1 Å². The lowest BCUT2D eigenvalue weighted by atomic mass is 10.1. The number of aromatic nitrogens is 2. The molecule has 0 spiro atoms. The van der Waals surface area contributed by atoms with E-state index in [-0.39, 0.29) is 5.91 Å². The molecule has 1 N–H and O–H groups in total. The molecule has 0 saturated carbocycles. The molecule has 0 saturated heterocycles. The first kappa shape index (κ1) is 17.3. The van der Waals surface area contributed by atoms with Crippen molar-refractivity contribution in [2.45, 2.75) is 35.4 Å². The van der Waals surface area contributed by atoms with Crippen LogP contribution in [0.2, 0.25) is 0 Å². The normalized spacial score (nSPS) is 10.6. The summed E-state index contributed by atoms with van der Waals surface area (Å²) in [5.74, 6) is 1.38. The third kappa shape index (κ3) is 5.62. The number of aryl methyl sites for hydroxylation is 1. The minimum Gasteiger partial charge on any atom is -0.325 e.